The first-order valence-electron chi connectivity index (χ1n) is 8.04. The number of carbonyl (C=O) groups excluding carboxylic acids is 1. The molecule has 6 nitrogen and oxygen atoms in total. The molecule has 1 aliphatic rings. The Balaban J connectivity index is 1.42. The van der Waals surface area contributed by atoms with Crippen LogP contribution in [0, 0.1) is 0 Å². The zero-order valence-electron chi connectivity index (χ0n) is 13.5. The van der Waals surface area contributed by atoms with Crippen LogP contribution >= 0.6 is 11.3 Å². The summed E-state index contributed by atoms with van der Waals surface area (Å²) in [6, 6.07) is 13.8. The highest BCUT2D eigenvalue weighted by Crippen LogP contribution is 2.23. The second-order valence-electron chi connectivity index (χ2n) is 5.93. The predicted octanol–water partition coefficient (Wildman–Crippen LogP) is 3.72. The van der Waals surface area contributed by atoms with Crippen LogP contribution in [-0.4, -0.2) is 21.8 Å². The van der Waals surface area contributed by atoms with Gasteiger partial charge >= 0.3 is 0 Å². The molecular weight excluding hydrogens is 346 g/mol. The number of amides is 1. The van der Waals surface area contributed by atoms with Gasteiger partial charge in [-0.15, -0.1) is 11.3 Å². The zero-order valence-corrected chi connectivity index (χ0v) is 14.3. The minimum Gasteiger partial charge on any atom is -0.361 e. The number of hydrogen-bond donors (Lipinski definition) is 3. The van der Waals surface area contributed by atoms with Crippen molar-refractivity contribution in [1.29, 1.82) is 0 Å². The number of fused-ring (bicyclic) bond motifs is 2. The predicted molar refractivity (Wildman–Crippen MR) is 105 cm³/mol. The Hall–Kier alpha value is -3.45. The van der Waals surface area contributed by atoms with Crippen LogP contribution < -0.4 is 10.6 Å². The summed E-state index contributed by atoms with van der Waals surface area (Å²) in [6.07, 6.45) is 3.67. The Bertz CT molecular complexity index is 1220. The van der Waals surface area contributed by atoms with Crippen LogP contribution in [0.1, 0.15) is 5.56 Å². The lowest BCUT2D eigenvalue weighted by atomic mass is 10.1. The molecule has 3 N–H and O–H groups in total. The number of aliphatic imine (C=N–C) groups is 1. The molecule has 126 valence electrons. The number of carbonyl (C=O) groups is 1. The van der Waals surface area contributed by atoms with Crippen LogP contribution in [0.2, 0.25) is 0 Å². The summed E-state index contributed by atoms with van der Waals surface area (Å²) in [7, 11) is 0. The molecule has 0 fully saturated rings. The van der Waals surface area contributed by atoms with Gasteiger partial charge in [0.15, 0.2) is 0 Å². The van der Waals surface area contributed by atoms with Crippen LogP contribution in [0.25, 0.3) is 27.2 Å². The molecule has 3 heterocycles. The highest BCUT2D eigenvalue weighted by Gasteiger charge is 2.20. The summed E-state index contributed by atoms with van der Waals surface area (Å²) >= 11 is 1.57. The van der Waals surface area contributed by atoms with Gasteiger partial charge in [0.1, 0.15) is 5.70 Å². The largest absolute Gasteiger partial charge is 0.361 e. The van der Waals surface area contributed by atoms with Gasteiger partial charge in [0.25, 0.3) is 5.91 Å². The third-order valence-corrected chi connectivity index (χ3v) is 4.96. The quantitative estimate of drug-likeness (QED) is 0.477. The number of nitrogens with zero attached hydrogens (tertiary/aromatic N) is 2. The highest BCUT2D eigenvalue weighted by molar-refractivity contribution is 7.16. The molecular formula is C19H13N5OS. The second kappa shape index (κ2) is 5.82. The molecule has 2 aromatic heterocycles. The van der Waals surface area contributed by atoms with Crippen LogP contribution in [0.5, 0.6) is 0 Å². The Morgan fingerprint density at radius 1 is 1.12 bits per heavy atom. The SMILES string of the molecule is O=C1NC(Nc2ccc3ncsc3c2)=N/C1=C\c1ccc2[nH]ccc2c1. The first kappa shape index (κ1) is 14.9. The lowest BCUT2D eigenvalue weighted by molar-refractivity contribution is -0.115. The number of guanidine groups is 1. The number of rotatable bonds is 2. The van der Waals surface area contributed by atoms with E-state index in [0.717, 1.165) is 32.4 Å². The van der Waals surface area contributed by atoms with Gasteiger partial charge in [-0.25, -0.2) is 9.98 Å². The van der Waals surface area contributed by atoms with Gasteiger partial charge in [0.2, 0.25) is 5.96 Å². The third kappa shape index (κ3) is 2.64. The fourth-order valence-corrected chi connectivity index (χ4v) is 3.63. The molecule has 5 rings (SSSR count). The monoisotopic (exact) mass is 359 g/mol. The van der Waals surface area contributed by atoms with E-state index in [0.29, 0.717) is 11.7 Å². The standard InChI is InChI=1S/C19H13N5OS/c25-18-16(8-11-1-3-14-12(7-11)5-6-20-14)23-19(24-18)22-13-2-4-15-17(9-13)26-10-21-15/h1-10,20H,(H2,22,23,24,25)/b16-8-. The number of thiazole rings is 1. The fourth-order valence-electron chi connectivity index (χ4n) is 2.92. The van der Waals surface area contributed by atoms with Gasteiger partial charge in [-0.05, 0) is 53.4 Å². The van der Waals surface area contributed by atoms with E-state index in [1.807, 2.05) is 54.2 Å². The number of nitrogens with one attached hydrogen (secondary N) is 3. The Morgan fingerprint density at radius 2 is 2.08 bits per heavy atom. The molecule has 0 bridgehead atoms. The van der Waals surface area contributed by atoms with Crippen LogP contribution in [0.4, 0.5) is 5.69 Å². The normalized spacial score (nSPS) is 15.6. The van der Waals surface area contributed by atoms with E-state index in [1.165, 1.54) is 0 Å². The lowest BCUT2D eigenvalue weighted by Crippen LogP contribution is -2.29. The van der Waals surface area contributed by atoms with Crippen molar-refractivity contribution >= 4 is 56.1 Å². The molecule has 1 aliphatic heterocycles. The number of anilines is 1. The second-order valence-corrected chi connectivity index (χ2v) is 6.81. The highest BCUT2D eigenvalue weighted by atomic mass is 32.1. The van der Waals surface area contributed by atoms with Crippen molar-refractivity contribution in [2.75, 3.05) is 5.32 Å². The fraction of sp³-hybridized carbons (Fsp3) is 0. The van der Waals surface area contributed by atoms with E-state index in [-0.39, 0.29) is 5.91 Å². The van der Waals surface area contributed by atoms with Crippen molar-refractivity contribution in [3.63, 3.8) is 0 Å². The summed E-state index contributed by atoms with van der Waals surface area (Å²) in [4.78, 5) is 24.0. The van der Waals surface area contributed by atoms with E-state index >= 15 is 0 Å². The van der Waals surface area contributed by atoms with E-state index in [4.69, 9.17) is 0 Å². The maximum absolute atomic E-state index is 12.2. The van der Waals surface area contributed by atoms with E-state index < -0.39 is 0 Å². The molecule has 2 aromatic carbocycles. The van der Waals surface area contributed by atoms with Crippen molar-refractivity contribution < 1.29 is 4.79 Å². The number of aromatic amines is 1. The molecule has 0 unspecified atom stereocenters. The molecule has 0 radical (unpaired) electrons. The number of aromatic nitrogens is 2. The Kier molecular flexibility index (Phi) is 3.32. The van der Waals surface area contributed by atoms with Crippen LogP contribution in [0.3, 0.4) is 0 Å². The van der Waals surface area contributed by atoms with Gasteiger partial charge in [0, 0.05) is 17.4 Å². The topological polar surface area (TPSA) is 82.2 Å². The molecule has 26 heavy (non-hydrogen) atoms. The van der Waals surface area contributed by atoms with Gasteiger partial charge in [0.05, 0.1) is 15.7 Å². The van der Waals surface area contributed by atoms with Crippen molar-refractivity contribution in [3.8, 4) is 0 Å². The minimum absolute atomic E-state index is 0.222. The molecule has 0 aliphatic carbocycles. The third-order valence-electron chi connectivity index (χ3n) is 4.17. The maximum atomic E-state index is 12.2. The molecule has 0 atom stereocenters. The summed E-state index contributed by atoms with van der Waals surface area (Å²) in [5, 5.41) is 7.00. The van der Waals surface area contributed by atoms with E-state index in [1.54, 1.807) is 17.4 Å². The van der Waals surface area contributed by atoms with E-state index in [9.17, 15) is 4.79 Å². The van der Waals surface area contributed by atoms with Crippen molar-refractivity contribution in [2.24, 2.45) is 4.99 Å². The number of H-pyrrole nitrogens is 1. The minimum atomic E-state index is -0.222. The first-order chi connectivity index (χ1) is 12.7. The van der Waals surface area contributed by atoms with Crippen LogP contribution in [0.15, 0.2) is 64.9 Å². The Morgan fingerprint density at radius 3 is 3.04 bits per heavy atom. The van der Waals surface area contributed by atoms with E-state index in [2.05, 4.69) is 25.6 Å². The molecule has 7 heteroatoms. The van der Waals surface area contributed by atoms with Crippen LogP contribution in [-0.2, 0) is 4.79 Å². The molecule has 4 aromatic rings. The Labute approximate surface area is 152 Å². The summed E-state index contributed by atoms with van der Waals surface area (Å²) in [6.45, 7) is 0. The maximum Gasteiger partial charge on any atom is 0.276 e. The molecule has 0 saturated carbocycles. The zero-order chi connectivity index (χ0) is 17.5. The van der Waals surface area contributed by atoms with Gasteiger partial charge in [-0.1, -0.05) is 6.07 Å². The average Bonchev–Trinajstić information content (AvgIpc) is 3.35. The summed E-state index contributed by atoms with van der Waals surface area (Å²) in [5.74, 6) is 0.202. The van der Waals surface area contributed by atoms with Crippen molar-refractivity contribution in [1.82, 2.24) is 15.3 Å². The number of benzene rings is 2. The van der Waals surface area contributed by atoms with Gasteiger partial charge in [-0.2, -0.15) is 0 Å². The van der Waals surface area contributed by atoms with Gasteiger partial charge < -0.3 is 10.3 Å². The van der Waals surface area contributed by atoms with Crippen molar-refractivity contribution in [2.45, 2.75) is 0 Å². The van der Waals surface area contributed by atoms with Crippen molar-refractivity contribution in [3.05, 3.63) is 65.4 Å². The average molecular weight is 359 g/mol. The van der Waals surface area contributed by atoms with Gasteiger partial charge in [-0.3, -0.25) is 10.1 Å². The summed E-state index contributed by atoms with van der Waals surface area (Å²) < 4.78 is 1.08. The molecule has 1 amide bonds. The molecule has 0 saturated heterocycles. The molecule has 0 spiro atoms. The first-order valence-corrected chi connectivity index (χ1v) is 8.92. The lowest BCUT2D eigenvalue weighted by Gasteiger charge is -2.04. The summed E-state index contributed by atoms with van der Waals surface area (Å²) in [5.41, 5.74) is 5.99. The smallest absolute Gasteiger partial charge is 0.276 e. The number of hydrogen-bond acceptors (Lipinski definition) is 5.